The smallest absolute Gasteiger partial charge is 0.273 e. The van der Waals surface area contributed by atoms with Gasteiger partial charge in [0.1, 0.15) is 6.26 Å². The fourth-order valence-electron chi connectivity index (χ4n) is 1.33. The maximum atomic E-state index is 11.3. The molecule has 70 valence electrons. The molecule has 1 N–H and O–H groups in total. The van der Waals surface area contributed by atoms with Gasteiger partial charge in [0.15, 0.2) is 5.69 Å². The van der Waals surface area contributed by atoms with Crippen molar-refractivity contribution < 1.29 is 9.32 Å². The molecule has 1 aliphatic carbocycles. The van der Waals surface area contributed by atoms with Gasteiger partial charge >= 0.3 is 0 Å². The first-order valence-corrected chi connectivity index (χ1v) is 4.46. The Morgan fingerprint density at radius 1 is 1.85 bits per heavy atom. The lowest BCUT2D eigenvalue weighted by Crippen LogP contribution is -2.26. The van der Waals surface area contributed by atoms with Crippen molar-refractivity contribution in [1.29, 1.82) is 0 Å². The Bertz CT molecular complexity index is 295. The summed E-state index contributed by atoms with van der Waals surface area (Å²) in [7, 11) is 0. The van der Waals surface area contributed by atoms with Gasteiger partial charge in [0.05, 0.1) is 0 Å². The SMILES string of the molecule is CC1CC1CNC(=O)c1ccon1. The van der Waals surface area contributed by atoms with Crippen molar-refractivity contribution in [3.05, 3.63) is 18.0 Å². The van der Waals surface area contributed by atoms with Crippen LogP contribution >= 0.6 is 0 Å². The molecule has 0 aromatic carbocycles. The summed E-state index contributed by atoms with van der Waals surface area (Å²) in [4.78, 5) is 11.3. The third-order valence-electron chi connectivity index (χ3n) is 2.47. The minimum absolute atomic E-state index is 0.146. The van der Waals surface area contributed by atoms with E-state index >= 15 is 0 Å². The number of amides is 1. The van der Waals surface area contributed by atoms with E-state index in [0.717, 1.165) is 12.5 Å². The van der Waals surface area contributed by atoms with Crippen molar-refractivity contribution in [3.63, 3.8) is 0 Å². The molecule has 0 spiro atoms. The van der Waals surface area contributed by atoms with E-state index in [4.69, 9.17) is 0 Å². The Balaban J connectivity index is 1.79. The van der Waals surface area contributed by atoms with E-state index in [9.17, 15) is 4.79 Å². The second kappa shape index (κ2) is 3.20. The van der Waals surface area contributed by atoms with E-state index in [2.05, 4.69) is 21.9 Å². The second-order valence-corrected chi connectivity index (χ2v) is 3.57. The van der Waals surface area contributed by atoms with Crippen LogP contribution in [0.5, 0.6) is 0 Å². The number of aromatic nitrogens is 1. The van der Waals surface area contributed by atoms with Crippen molar-refractivity contribution >= 4 is 5.91 Å². The molecule has 1 fully saturated rings. The standard InChI is InChI=1S/C9H12N2O2/c1-6-4-7(6)5-10-9(12)8-2-3-13-11-8/h2-3,6-7H,4-5H2,1H3,(H,10,12). The van der Waals surface area contributed by atoms with E-state index in [1.54, 1.807) is 6.07 Å². The highest BCUT2D eigenvalue weighted by molar-refractivity contribution is 5.91. The zero-order valence-electron chi connectivity index (χ0n) is 7.49. The van der Waals surface area contributed by atoms with Crippen LogP contribution in [0.1, 0.15) is 23.8 Å². The average molecular weight is 180 g/mol. The van der Waals surface area contributed by atoms with Crippen molar-refractivity contribution in [2.75, 3.05) is 6.54 Å². The minimum Gasteiger partial charge on any atom is -0.364 e. The third kappa shape index (κ3) is 1.88. The van der Waals surface area contributed by atoms with Gasteiger partial charge in [-0.1, -0.05) is 12.1 Å². The van der Waals surface area contributed by atoms with Gasteiger partial charge < -0.3 is 9.84 Å². The predicted octanol–water partition coefficient (Wildman–Crippen LogP) is 1.06. The summed E-state index contributed by atoms with van der Waals surface area (Å²) >= 11 is 0. The number of hydrogen-bond acceptors (Lipinski definition) is 3. The van der Waals surface area contributed by atoms with Crippen LogP contribution in [0, 0.1) is 11.8 Å². The molecule has 0 radical (unpaired) electrons. The summed E-state index contributed by atoms with van der Waals surface area (Å²) in [5.74, 6) is 1.28. The average Bonchev–Trinajstić information content (AvgIpc) is 2.67. The molecule has 1 saturated carbocycles. The Hall–Kier alpha value is -1.32. The monoisotopic (exact) mass is 180 g/mol. The van der Waals surface area contributed by atoms with E-state index in [-0.39, 0.29) is 5.91 Å². The highest BCUT2D eigenvalue weighted by Crippen LogP contribution is 2.36. The topological polar surface area (TPSA) is 55.1 Å². The maximum Gasteiger partial charge on any atom is 0.273 e. The zero-order valence-corrected chi connectivity index (χ0v) is 7.49. The van der Waals surface area contributed by atoms with Crippen LogP contribution < -0.4 is 5.32 Å². The van der Waals surface area contributed by atoms with Gasteiger partial charge in [0.25, 0.3) is 5.91 Å². The van der Waals surface area contributed by atoms with Crippen molar-refractivity contribution in [3.8, 4) is 0 Å². The molecule has 4 nitrogen and oxygen atoms in total. The predicted molar refractivity (Wildman–Crippen MR) is 46.1 cm³/mol. The molecule has 0 saturated heterocycles. The number of nitrogens with one attached hydrogen (secondary N) is 1. The summed E-state index contributed by atoms with van der Waals surface area (Å²) in [5.41, 5.74) is 0.355. The van der Waals surface area contributed by atoms with Crippen LogP contribution in [0.25, 0.3) is 0 Å². The highest BCUT2D eigenvalue weighted by Gasteiger charge is 2.32. The fraction of sp³-hybridized carbons (Fsp3) is 0.556. The van der Waals surface area contributed by atoms with Crippen LogP contribution in [0.15, 0.2) is 16.9 Å². The molecule has 1 aromatic rings. The van der Waals surface area contributed by atoms with Crippen LogP contribution in [0.2, 0.25) is 0 Å². The molecule has 4 heteroatoms. The first-order chi connectivity index (χ1) is 6.27. The largest absolute Gasteiger partial charge is 0.364 e. The van der Waals surface area contributed by atoms with E-state index in [1.165, 1.54) is 12.7 Å². The first kappa shape index (κ1) is 8.29. The Labute approximate surface area is 76.3 Å². The number of nitrogens with zero attached hydrogens (tertiary/aromatic N) is 1. The van der Waals surface area contributed by atoms with Gasteiger partial charge in [-0.25, -0.2) is 0 Å². The molecule has 1 heterocycles. The Kier molecular flexibility index (Phi) is 2.04. The van der Waals surface area contributed by atoms with E-state index < -0.39 is 0 Å². The fourth-order valence-corrected chi connectivity index (χ4v) is 1.33. The van der Waals surface area contributed by atoms with Crippen molar-refractivity contribution in [2.24, 2.45) is 11.8 Å². The Morgan fingerprint density at radius 3 is 3.15 bits per heavy atom. The van der Waals surface area contributed by atoms with Gasteiger partial charge in [-0.05, 0) is 18.3 Å². The van der Waals surface area contributed by atoms with Crippen LogP contribution in [0.3, 0.4) is 0 Å². The molecule has 2 rings (SSSR count). The molecule has 2 atom stereocenters. The molecular formula is C9H12N2O2. The van der Waals surface area contributed by atoms with Crippen LogP contribution in [-0.2, 0) is 0 Å². The molecule has 13 heavy (non-hydrogen) atoms. The summed E-state index contributed by atoms with van der Waals surface area (Å²) in [6.45, 7) is 2.94. The van der Waals surface area contributed by atoms with Gasteiger partial charge in [-0.2, -0.15) is 0 Å². The lowest BCUT2D eigenvalue weighted by Gasteiger charge is -1.99. The van der Waals surface area contributed by atoms with Gasteiger partial charge in [-0.15, -0.1) is 0 Å². The van der Waals surface area contributed by atoms with Gasteiger partial charge in [0, 0.05) is 12.6 Å². The molecule has 1 aromatic heterocycles. The Morgan fingerprint density at radius 2 is 2.62 bits per heavy atom. The van der Waals surface area contributed by atoms with Crippen LogP contribution in [0.4, 0.5) is 0 Å². The minimum atomic E-state index is -0.146. The molecule has 0 aliphatic heterocycles. The van der Waals surface area contributed by atoms with Gasteiger partial charge in [-0.3, -0.25) is 4.79 Å². The normalized spacial score (nSPS) is 25.6. The second-order valence-electron chi connectivity index (χ2n) is 3.57. The molecule has 0 bridgehead atoms. The van der Waals surface area contributed by atoms with Crippen molar-refractivity contribution in [1.82, 2.24) is 10.5 Å². The number of hydrogen-bond donors (Lipinski definition) is 1. The number of carbonyl (C=O) groups is 1. The van der Waals surface area contributed by atoms with Gasteiger partial charge in [0.2, 0.25) is 0 Å². The molecule has 2 unspecified atom stereocenters. The lowest BCUT2D eigenvalue weighted by molar-refractivity contribution is 0.0942. The summed E-state index contributed by atoms with van der Waals surface area (Å²) in [5, 5.41) is 6.36. The quantitative estimate of drug-likeness (QED) is 0.756. The van der Waals surface area contributed by atoms with Crippen molar-refractivity contribution in [2.45, 2.75) is 13.3 Å². The van der Waals surface area contributed by atoms with E-state index in [1.807, 2.05) is 0 Å². The molecular weight excluding hydrogens is 168 g/mol. The summed E-state index contributed by atoms with van der Waals surface area (Å²) in [6.07, 6.45) is 2.62. The molecule has 1 aliphatic rings. The first-order valence-electron chi connectivity index (χ1n) is 4.46. The maximum absolute atomic E-state index is 11.3. The number of carbonyl (C=O) groups excluding carboxylic acids is 1. The van der Waals surface area contributed by atoms with E-state index in [0.29, 0.717) is 11.6 Å². The molecule has 1 amide bonds. The highest BCUT2D eigenvalue weighted by atomic mass is 16.5. The lowest BCUT2D eigenvalue weighted by atomic mass is 10.3. The summed E-state index contributed by atoms with van der Waals surface area (Å²) in [6, 6.07) is 1.56. The third-order valence-corrected chi connectivity index (χ3v) is 2.47. The zero-order chi connectivity index (χ0) is 9.26. The van der Waals surface area contributed by atoms with Crippen LogP contribution in [-0.4, -0.2) is 17.6 Å². The summed E-state index contributed by atoms with van der Waals surface area (Å²) < 4.78 is 4.57. The number of rotatable bonds is 3.